The zero-order valence-electron chi connectivity index (χ0n) is 10.2. The summed E-state index contributed by atoms with van der Waals surface area (Å²) in [6.07, 6.45) is 0.381. The van der Waals surface area contributed by atoms with Crippen LogP contribution in [0.15, 0.2) is 48.5 Å². The van der Waals surface area contributed by atoms with Crippen LogP contribution in [0, 0.1) is 11.6 Å². The number of nitrogens with two attached hydrogens (primary N) is 1. The van der Waals surface area contributed by atoms with Gasteiger partial charge in [-0.3, -0.25) is 0 Å². The van der Waals surface area contributed by atoms with Gasteiger partial charge in [-0.15, -0.1) is 0 Å². The molecule has 0 fully saturated rings. The van der Waals surface area contributed by atoms with E-state index >= 15 is 0 Å². The normalized spacial score (nSPS) is 14.2. The minimum atomic E-state index is -0.651. The Morgan fingerprint density at radius 2 is 1.56 bits per heavy atom. The van der Waals surface area contributed by atoms with Crippen molar-refractivity contribution < 1.29 is 8.78 Å². The molecule has 0 aromatic heterocycles. The van der Waals surface area contributed by atoms with E-state index in [0.717, 1.165) is 11.6 Å². The highest BCUT2D eigenvalue weighted by Crippen LogP contribution is 2.23. The van der Waals surface area contributed by atoms with Crippen molar-refractivity contribution >= 4 is 0 Å². The van der Waals surface area contributed by atoms with Crippen LogP contribution in [0.25, 0.3) is 0 Å². The highest BCUT2D eigenvalue weighted by Gasteiger charge is 2.21. The third kappa shape index (κ3) is 2.93. The summed E-state index contributed by atoms with van der Waals surface area (Å²) in [6.45, 7) is 1.85. The first kappa shape index (κ1) is 12.7. The average Bonchev–Trinajstić information content (AvgIpc) is 2.28. The van der Waals surface area contributed by atoms with Crippen molar-refractivity contribution in [3.63, 3.8) is 0 Å². The molecule has 0 amide bonds. The smallest absolute Gasteiger partial charge is 0.126 e. The molecule has 0 aliphatic carbocycles. The molecule has 2 N–H and O–H groups in total. The molecule has 2 aromatic rings. The van der Waals surface area contributed by atoms with Crippen LogP contribution in [0.2, 0.25) is 0 Å². The fourth-order valence-corrected chi connectivity index (χ4v) is 2.06. The largest absolute Gasteiger partial charge is 0.321 e. The van der Waals surface area contributed by atoms with E-state index in [0.29, 0.717) is 12.0 Å². The van der Waals surface area contributed by atoms with Gasteiger partial charge in [-0.1, -0.05) is 30.3 Å². The van der Waals surface area contributed by atoms with Gasteiger partial charge in [0.2, 0.25) is 0 Å². The van der Waals surface area contributed by atoms with Gasteiger partial charge >= 0.3 is 0 Å². The first-order chi connectivity index (χ1) is 8.47. The fraction of sp³-hybridized carbons (Fsp3) is 0.200. The molecule has 3 heteroatoms. The van der Waals surface area contributed by atoms with Crippen molar-refractivity contribution in [2.45, 2.75) is 18.9 Å². The van der Waals surface area contributed by atoms with Crippen LogP contribution in [0.3, 0.4) is 0 Å². The summed E-state index contributed by atoms with van der Waals surface area (Å²) in [6, 6.07) is 13.0. The molecule has 0 radical (unpaired) electrons. The van der Waals surface area contributed by atoms with Crippen molar-refractivity contribution in [3.05, 3.63) is 71.3 Å². The summed E-state index contributed by atoms with van der Waals surface area (Å²) in [5.74, 6) is -1.15. The Bertz CT molecular complexity index is 515. The Labute approximate surface area is 105 Å². The maximum Gasteiger partial charge on any atom is 0.126 e. The average molecular weight is 247 g/mol. The molecule has 18 heavy (non-hydrogen) atoms. The molecule has 0 aliphatic rings. The van der Waals surface area contributed by atoms with E-state index in [-0.39, 0.29) is 0 Å². The van der Waals surface area contributed by atoms with E-state index < -0.39 is 17.2 Å². The molecule has 94 valence electrons. The monoisotopic (exact) mass is 247 g/mol. The van der Waals surface area contributed by atoms with Crippen molar-refractivity contribution in [1.29, 1.82) is 0 Å². The number of benzene rings is 2. The standard InChI is InChI=1S/C15H15F2N/c1-15(18,12-5-3-2-4-6-12)10-11-7-13(16)9-14(17)8-11/h2-9H,10,18H2,1H3. The van der Waals surface area contributed by atoms with Crippen molar-refractivity contribution in [2.75, 3.05) is 0 Å². The third-order valence-electron chi connectivity index (χ3n) is 2.93. The minimum Gasteiger partial charge on any atom is -0.321 e. The summed E-state index contributed by atoms with van der Waals surface area (Å²) in [7, 11) is 0. The molecule has 2 rings (SSSR count). The van der Waals surface area contributed by atoms with Crippen LogP contribution in [0.1, 0.15) is 18.1 Å². The van der Waals surface area contributed by atoms with Gasteiger partial charge in [0, 0.05) is 11.6 Å². The second kappa shape index (κ2) is 4.86. The Morgan fingerprint density at radius 3 is 2.11 bits per heavy atom. The lowest BCUT2D eigenvalue weighted by molar-refractivity contribution is 0.486. The highest BCUT2D eigenvalue weighted by atomic mass is 19.1. The van der Waals surface area contributed by atoms with Gasteiger partial charge in [-0.05, 0) is 36.6 Å². The van der Waals surface area contributed by atoms with Gasteiger partial charge in [-0.2, -0.15) is 0 Å². The summed E-state index contributed by atoms with van der Waals surface area (Å²) < 4.78 is 26.2. The lowest BCUT2D eigenvalue weighted by atomic mass is 9.86. The lowest BCUT2D eigenvalue weighted by Crippen LogP contribution is -2.35. The van der Waals surface area contributed by atoms with E-state index in [1.165, 1.54) is 12.1 Å². The van der Waals surface area contributed by atoms with E-state index in [1.54, 1.807) is 0 Å². The Kier molecular flexibility index (Phi) is 3.43. The van der Waals surface area contributed by atoms with E-state index in [9.17, 15) is 8.78 Å². The SMILES string of the molecule is CC(N)(Cc1cc(F)cc(F)c1)c1ccccc1. The van der Waals surface area contributed by atoms with E-state index in [2.05, 4.69) is 0 Å². The first-order valence-corrected chi connectivity index (χ1v) is 5.77. The zero-order valence-corrected chi connectivity index (χ0v) is 10.2. The second-order valence-electron chi connectivity index (χ2n) is 4.74. The lowest BCUT2D eigenvalue weighted by Gasteiger charge is -2.25. The summed E-state index contributed by atoms with van der Waals surface area (Å²) in [5, 5.41) is 0. The van der Waals surface area contributed by atoms with Crippen molar-refractivity contribution in [2.24, 2.45) is 5.73 Å². The van der Waals surface area contributed by atoms with E-state index in [4.69, 9.17) is 5.73 Å². The highest BCUT2D eigenvalue weighted by molar-refractivity contribution is 5.28. The molecule has 0 saturated carbocycles. The molecule has 0 aliphatic heterocycles. The van der Waals surface area contributed by atoms with Crippen LogP contribution in [-0.2, 0) is 12.0 Å². The van der Waals surface area contributed by atoms with Gasteiger partial charge in [0.15, 0.2) is 0 Å². The minimum absolute atomic E-state index is 0.381. The van der Waals surface area contributed by atoms with Gasteiger partial charge in [0.1, 0.15) is 11.6 Å². The van der Waals surface area contributed by atoms with Crippen LogP contribution in [-0.4, -0.2) is 0 Å². The number of hydrogen-bond donors (Lipinski definition) is 1. The molecule has 0 spiro atoms. The Morgan fingerprint density at radius 1 is 1.00 bits per heavy atom. The van der Waals surface area contributed by atoms with Gasteiger partial charge in [0.25, 0.3) is 0 Å². The Balaban J connectivity index is 2.27. The molecule has 1 nitrogen and oxygen atoms in total. The van der Waals surface area contributed by atoms with E-state index in [1.807, 2.05) is 37.3 Å². The molecule has 1 unspecified atom stereocenters. The van der Waals surface area contributed by atoms with Gasteiger partial charge < -0.3 is 5.73 Å². The molecular formula is C15H15F2N. The molecular weight excluding hydrogens is 232 g/mol. The van der Waals surface area contributed by atoms with Crippen molar-refractivity contribution in [1.82, 2.24) is 0 Å². The topological polar surface area (TPSA) is 26.0 Å². The summed E-state index contributed by atoms with van der Waals surface area (Å²) in [4.78, 5) is 0. The maximum absolute atomic E-state index is 13.1. The van der Waals surface area contributed by atoms with Crippen LogP contribution < -0.4 is 5.73 Å². The van der Waals surface area contributed by atoms with Gasteiger partial charge in [-0.25, -0.2) is 8.78 Å². The predicted molar refractivity (Wildman–Crippen MR) is 68.0 cm³/mol. The number of halogens is 2. The molecule has 0 bridgehead atoms. The summed E-state index contributed by atoms with van der Waals surface area (Å²) >= 11 is 0. The Hall–Kier alpha value is -1.74. The molecule has 1 atom stereocenters. The maximum atomic E-state index is 13.1. The first-order valence-electron chi connectivity index (χ1n) is 5.77. The van der Waals surface area contributed by atoms with Crippen LogP contribution >= 0.6 is 0 Å². The quantitative estimate of drug-likeness (QED) is 0.884. The fourth-order valence-electron chi connectivity index (χ4n) is 2.06. The predicted octanol–water partition coefficient (Wildman–Crippen LogP) is 3.38. The van der Waals surface area contributed by atoms with Crippen LogP contribution in [0.4, 0.5) is 8.78 Å². The number of rotatable bonds is 3. The van der Waals surface area contributed by atoms with Crippen LogP contribution in [0.5, 0.6) is 0 Å². The van der Waals surface area contributed by atoms with Gasteiger partial charge in [0.05, 0.1) is 0 Å². The number of hydrogen-bond acceptors (Lipinski definition) is 1. The molecule has 2 aromatic carbocycles. The zero-order chi connectivity index (χ0) is 13.2. The third-order valence-corrected chi connectivity index (χ3v) is 2.93. The summed E-state index contributed by atoms with van der Waals surface area (Å²) in [5.41, 5.74) is 7.07. The molecule has 0 saturated heterocycles. The molecule has 0 heterocycles. The van der Waals surface area contributed by atoms with Crippen molar-refractivity contribution in [3.8, 4) is 0 Å². The second-order valence-corrected chi connectivity index (χ2v) is 4.74.